The SMILES string of the molecule is Cc1csc2ncnc(NC3Cc4ccc(C(=O)O)cc4C3)c12.[Na+]. The summed E-state index contributed by atoms with van der Waals surface area (Å²) in [5.74, 6) is -0.0133. The van der Waals surface area contributed by atoms with Gasteiger partial charge in [0.2, 0.25) is 0 Å². The largest absolute Gasteiger partial charge is 1.00 e. The van der Waals surface area contributed by atoms with Crippen LogP contribution in [0.5, 0.6) is 0 Å². The summed E-state index contributed by atoms with van der Waals surface area (Å²) in [6, 6.07) is 5.61. The summed E-state index contributed by atoms with van der Waals surface area (Å²) >= 11 is 1.62. The molecule has 0 saturated heterocycles. The summed E-state index contributed by atoms with van der Waals surface area (Å²) < 4.78 is 0. The predicted octanol–water partition coefficient (Wildman–Crippen LogP) is 0.281. The number of carbonyl (C=O) groups is 1. The quantitative estimate of drug-likeness (QED) is 0.665. The molecule has 5 nitrogen and oxygen atoms in total. The zero-order chi connectivity index (χ0) is 16.0. The zero-order valence-corrected chi connectivity index (χ0v) is 16.4. The third-order valence-electron chi connectivity index (χ3n) is 4.28. The van der Waals surface area contributed by atoms with Gasteiger partial charge in [-0.3, -0.25) is 0 Å². The van der Waals surface area contributed by atoms with Gasteiger partial charge in [-0.05, 0) is 54.0 Å². The molecule has 24 heavy (non-hydrogen) atoms. The molecule has 2 heterocycles. The number of carboxylic acids is 1. The number of hydrogen-bond donors (Lipinski definition) is 2. The molecule has 7 heteroatoms. The van der Waals surface area contributed by atoms with Gasteiger partial charge in [0.15, 0.2) is 0 Å². The fourth-order valence-electron chi connectivity index (χ4n) is 3.17. The van der Waals surface area contributed by atoms with Crippen molar-refractivity contribution in [1.29, 1.82) is 0 Å². The molecule has 1 atom stereocenters. The van der Waals surface area contributed by atoms with Crippen LogP contribution in [0.2, 0.25) is 0 Å². The molecule has 1 aliphatic rings. The molecular weight excluding hydrogens is 333 g/mol. The molecule has 2 aromatic heterocycles. The first-order chi connectivity index (χ1) is 11.1. The Hall–Kier alpha value is -1.47. The minimum atomic E-state index is -0.879. The van der Waals surface area contributed by atoms with Crippen molar-refractivity contribution < 1.29 is 39.5 Å². The van der Waals surface area contributed by atoms with Crippen LogP contribution in [0, 0.1) is 6.92 Å². The van der Waals surface area contributed by atoms with E-state index in [4.69, 9.17) is 5.11 Å². The Morgan fingerprint density at radius 1 is 1.29 bits per heavy atom. The van der Waals surface area contributed by atoms with Crippen molar-refractivity contribution in [2.24, 2.45) is 0 Å². The van der Waals surface area contributed by atoms with Gasteiger partial charge < -0.3 is 10.4 Å². The number of aryl methyl sites for hydroxylation is 1. The van der Waals surface area contributed by atoms with E-state index in [1.807, 2.05) is 6.07 Å². The monoisotopic (exact) mass is 348 g/mol. The van der Waals surface area contributed by atoms with Gasteiger partial charge in [-0.15, -0.1) is 11.3 Å². The third kappa shape index (κ3) is 3.07. The number of aromatic nitrogens is 2. The molecule has 0 saturated carbocycles. The van der Waals surface area contributed by atoms with Crippen LogP contribution in [0.4, 0.5) is 5.82 Å². The maximum absolute atomic E-state index is 11.1. The molecule has 2 N–H and O–H groups in total. The Kier molecular flexibility index (Phi) is 4.92. The molecule has 4 rings (SSSR count). The van der Waals surface area contributed by atoms with Crippen LogP contribution in [0.1, 0.15) is 27.0 Å². The fraction of sp³-hybridized carbons (Fsp3) is 0.235. The number of anilines is 1. The summed E-state index contributed by atoms with van der Waals surface area (Å²) in [5.41, 5.74) is 3.84. The van der Waals surface area contributed by atoms with Crippen molar-refractivity contribution in [1.82, 2.24) is 9.97 Å². The average Bonchev–Trinajstić information content (AvgIpc) is 3.10. The normalized spacial score (nSPS) is 15.8. The number of rotatable bonds is 3. The second-order valence-electron chi connectivity index (χ2n) is 5.86. The maximum atomic E-state index is 11.1. The van der Waals surface area contributed by atoms with Gasteiger partial charge in [-0.25, -0.2) is 14.8 Å². The number of carboxylic acid groups (broad SMARTS) is 1. The summed E-state index contributed by atoms with van der Waals surface area (Å²) in [6.07, 6.45) is 3.28. The van der Waals surface area contributed by atoms with Crippen molar-refractivity contribution in [3.05, 3.63) is 52.2 Å². The van der Waals surface area contributed by atoms with Gasteiger partial charge in [-0.2, -0.15) is 0 Å². The number of nitrogens with one attached hydrogen (secondary N) is 1. The Bertz CT molecular complexity index is 925. The zero-order valence-electron chi connectivity index (χ0n) is 13.5. The van der Waals surface area contributed by atoms with E-state index in [2.05, 4.69) is 27.6 Å². The van der Waals surface area contributed by atoms with Gasteiger partial charge in [0, 0.05) is 6.04 Å². The van der Waals surface area contributed by atoms with Crippen LogP contribution in [0.15, 0.2) is 29.9 Å². The number of aromatic carboxylic acids is 1. The van der Waals surface area contributed by atoms with E-state index < -0.39 is 5.97 Å². The van der Waals surface area contributed by atoms with E-state index >= 15 is 0 Å². The number of benzene rings is 1. The van der Waals surface area contributed by atoms with Gasteiger partial charge in [0.1, 0.15) is 17.0 Å². The molecule has 0 bridgehead atoms. The molecular formula is C17H15N3NaO2S+. The average molecular weight is 348 g/mol. The molecule has 1 aromatic carbocycles. The molecule has 1 unspecified atom stereocenters. The van der Waals surface area contributed by atoms with Crippen LogP contribution in [0.3, 0.4) is 0 Å². The minimum Gasteiger partial charge on any atom is -0.478 e. The first kappa shape index (κ1) is 17.4. The maximum Gasteiger partial charge on any atom is 1.00 e. The summed E-state index contributed by atoms with van der Waals surface area (Å²) in [4.78, 5) is 20.8. The number of fused-ring (bicyclic) bond motifs is 2. The van der Waals surface area contributed by atoms with Crippen molar-refractivity contribution in [3.8, 4) is 0 Å². The standard InChI is InChI=1S/C17H15N3O2S.Na/c1-9-7-23-16-14(9)15(18-8-19-16)20-13-5-10-2-3-11(17(21)22)4-12(10)6-13;/h2-4,7-8,13H,5-6H2,1H3,(H,21,22)(H,18,19,20);/q;+1. The number of hydrogen-bond acceptors (Lipinski definition) is 5. The molecule has 0 spiro atoms. The second-order valence-corrected chi connectivity index (χ2v) is 6.72. The van der Waals surface area contributed by atoms with Gasteiger partial charge in [-0.1, -0.05) is 6.07 Å². The Labute approximate surface area is 165 Å². The Balaban J connectivity index is 0.00000169. The van der Waals surface area contributed by atoms with Crippen LogP contribution < -0.4 is 34.9 Å². The second kappa shape index (κ2) is 6.80. The van der Waals surface area contributed by atoms with Gasteiger partial charge in [0.25, 0.3) is 0 Å². The molecule has 0 radical (unpaired) electrons. The topological polar surface area (TPSA) is 75.1 Å². The van der Waals surface area contributed by atoms with E-state index in [0.717, 1.165) is 34.4 Å². The molecule has 0 aliphatic heterocycles. The molecule has 1 aliphatic carbocycles. The van der Waals surface area contributed by atoms with Gasteiger partial charge in [0.05, 0.1) is 10.9 Å². The van der Waals surface area contributed by atoms with Crippen molar-refractivity contribution >= 4 is 33.3 Å². The smallest absolute Gasteiger partial charge is 0.478 e. The van der Waals surface area contributed by atoms with E-state index in [0.29, 0.717) is 5.56 Å². The first-order valence-corrected chi connectivity index (χ1v) is 8.30. The summed E-state index contributed by atoms with van der Waals surface area (Å²) in [6.45, 7) is 2.07. The number of nitrogens with zero attached hydrogens (tertiary/aromatic N) is 2. The van der Waals surface area contributed by atoms with Crippen molar-refractivity contribution in [2.45, 2.75) is 25.8 Å². The summed E-state index contributed by atoms with van der Waals surface area (Å²) in [7, 11) is 0. The van der Waals surface area contributed by atoms with Crippen molar-refractivity contribution in [3.63, 3.8) is 0 Å². The van der Waals surface area contributed by atoms with Crippen molar-refractivity contribution in [2.75, 3.05) is 5.32 Å². The number of thiophene rings is 1. The molecule has 116 valence electrons. The van der Waals surface area contributed by atoms with E-state index in [-0.39, 0.29) is 35.6 Å². The van der Waals surface area contributed by atoms with Crippen LogP contribution >= 0.6 is 11.3 Å². The Morgan fingerprint density at radius 2 is 2.08 bits per heavy atom. The molecule has 3 aromatic rings. The van der Waals surface area contributed by atoms with Crippen LogP contribution in [-0.2, 0) is 12.8 Å². The Morgan fingerprint density at radius 3 is 2.88 bits per heavy atom. The predicted molar refractivity (Wildman–Crippen MR) is 90.4 cm³/mol. The van der Waals surface area contributed by atoms with Crippen LogP contribution in [0.25, 0.3) is 10.2 Å². The van der Waals surface area contributed by atoms with E-state index in [1.165, 1.54) is 11.1 Å². The van der Waals surface area contributed by atoms with Crippen LogP contribution in [-0.4, -0.2) is 27.1 Å². The fourth-order valence-corrected chi connectivity index (χ4v) is 4.06. The van der Waals surface area contributed by atoms with E-state index in [9.17, 15) is 4.79 Å². The van der Waals surface area contributed by atoms with Gasteiger partial charge >= 0.3 is 35.5 Å². The third-order valence-corrected chi connectivity index (χ3v) is 5.29. The molecule has 0 fully saturated rings. The molecule has 0 amide bonds. The first-order valence-electron chi connectivity index (χ1n) is 7.42. The minimum absolute atomic E-state index is 0. The van der Waals surface area contributed by atoms with E-state index in [1.54, 1.807) is 29.8 Å². The summed E-state index contributed by atoms with van der Waals surface area (Å²) in [5, 5.41) is 15.8.